The molecule has 0 heterocycles. The number of hydrogen-bond donors (Lipinski definition) is 0. The number of halogens is 1. The summed E-state index contributed by atoms with van der Waals surface area (Å²) < 4.78 is 13.0. The van der Waals surface area contributed by atoms with Crippen molar-refractivity contribution in [3.63, 3.8) is 0 Å². The maximum absolute atomic E-state index is 13.0. The average molecular weight is 167 g/mol. The fourth-order valence-corrected chi connectivity index (χ4v) is 0.866. The molecule has 0 saturated carbocycles. The first-order chi connectivity index (χ1) is 5.25. The van der Waals surface area contributed by atoms with Gasteiger partial charge in [-0.25, -0.2) is 4.39 Å². The molecule has 0 aliphatic carbocycles. The van der Waals surface area contributed by atoms with Gasteiger partial charge in [-0.2, -0.15) is 4.99 Å². The Hall–Kier alpha value is -1.05. The quantitative estimate of drug-likeness (QED) is 0.462. The van der Waals surface area contributed by atoms with Crippen molar-refractivity contribution in [2.45, 2.75) is 6.92 Å². The topological polar surface area (TPSA) is 12.4 Å². The molecule has 1 aromatic rings. The van der Waals surface area contributed by atoms with Gasteiger partial charge in [0, 0.05) is 0 Å². The van der Waals surface area contributed by atoms with Crippen molar-refractivity contribution < 1.29 is 4.39 Å². The van der Waals surface area contributed by atoms with E-state index in [1.54, 1.807) is 25.1 Å². The molecule has 0 fully saturated rings. The Morgan fingerprint density at radius 2 is 2.27 bits per heavy atom. The van der Waals surface area contributed by atoms with Crippen LogP contribution in [-0.4, -0.2) is 5.16 Å². The van der Waals surface area contributed by atoms with Crippen molar-refractivity contribution in [2.24, 2.45) is 4.99 Å². The van der Waals surface area contributed by atoms with E-state index in [2.05, 4.69) is 22.4 Å². The Morgan fingerprint density at radius 1 is 1.55 bits per heavy atom. The first-order valence-corrected chi connectivity index (χ1v) is 3.49. The van der Waals surface area contributed by atoms with Gasteiger partial charge in [0.2, 0.25) is 0 Å². The van der Waals surface area contributed by atoms with Crippen LogP contribution < -0.4 is 0 Å². The molecule has 0 spiro atoms. The average Bonchev–Trinajstić information content (AvgIpc) is 1.99. The smallest absolute Gasteiger partial charge is 0.152 e. The van der Waals surface area contributed by atoms with E-state index in [1.807, 2.05) is 0 Å². The molecule has 56 valence electrons. The summed E-state index contributed by atoms with van der Waals surface area (Å²) in [4.78, 5) is 3.56. The third kappa shape index (κ3) is 1.70. The van der Waals surface area contributed by atoms with Crippen LogP contribution in [0.15, 0.2) is 23.2 Å². The summed E-state index contributed by atoms with van der Waals surface area (Å²) in [5, 5.41) is 2.12. The van der Waals surface area contributed by atoms with Crippen molar-refractivity contribution in [2.75, 3.05) is 0 Å². The Kier molecular flexibility index (Phi) is 2.47. The molecule has 3 heteroatoms. The number of nitrogens with zero attached hydrogens (tertiary/aromatic N) is 1. The van der Waals surface area contributed by atoms with Crippen LogP contribution in [0.3, 0.4) is 0 Å². The maximum atomic E-state index is 13.0. The van der Waals surface area contributed by atoms with Crippen LogP contribution in [0.2, 0.25) is 0 Å². The van der Waals surface area contributed by atoms with Gasteiger partial charge in [-0.15, -0.1) is 0 Å². The Morgan fingerprint density at radius 3 is 2.91 bits per heavy atom. The fraction of sp³-hybridized carbons (Fsp3) is 0.125. The lowest BCUT2D eigenvalue weighted by Crippen LogP contribution is -1.80. The minimum Gasteiger partial charge on any atom is -0.204 e. The van der Waals surface area contributed by atoms with E-state index in [9.17, 15) is 4.39 Å². The van der Waals surface area contributed by atoms with Crippen LogP contribution in [0.1, 0.15) is 5.56 Å². The fourth-order valence-electron chi connectivity index (χ4n) is 0.767. The molecule has 0 aromatic heterocycles. The molecule has 1 aromatic carbocycles. The van der Waals surface area contributed by atoms with Gasteiger partial charge in [0.15, 0.2) is 5.82 Å². The second-order valence-corrected chi connectivity index (χ2v) is 2.29. The second kappa shape index (κ2) is 3.37. The lowest BCUT2D eigenvalue weighted by Gasteiger charge is -1.96. The predicted octanol–water partition coefficient (Wildman–Crippen LogP) is 2.87. The molecule has 1 nitrogen and oxygen atoms in total. The zero-order valence-electron chi connectivity index (χ0n) is 5.97. The molecule has 1 rings (SSSR count). The van der Waals surface area contributed by atoms with E-state index in [0.717, 1.165) is 0 Å². The minimum absolute atomic E-state index is 0.250. The van der Waals surface area contributed by atoms with Gasteiger partial charge < -0.3 is 0 Å². The summed E-state index contributed by atoms with van der Waals surface area (Å²) in [5.41, 5.74) is 0.816. The minimum atomic E-state index is -0.329. The number of rotatable bonds is 1. The number of thiocarbonyl (C=S) groups is 1. The van der Waals surface area contributed by atoms with E-state index >= 15 is 0 Å². The predicted molar refractivity (Wildman–Crippen MR) is 45.8 cm³/mol. The molecule has 0 amide bonds. The molecule has 0 bridgehead atoms. The van der Waals surface area contributed by atoms with E-state index in [4.69, 9.17) is 0 Å². The lowest BCUT2D eigenvalue weighted by atomic mass is 10.2. The monoisotopic (exact) mass is 167 g/mol. The zero-order valence-corrected chi connectivity index (χ0v) is 6.78. The highest BCUT2D eigenvalue weighted by Crippen LogP contribution is 2.19. The number of benzene rings is 1. The van der Waals surface area contributed by atoms with Crippen molar-refractivity contribution >= 4 is 23.1 Å². The summed E-state index contributed by atoms with van der Waals surface area (Å²) in [5.74, 6) is -0.329. The Balaban J connectivity index is 3.26. The van der Waals surface area contributed by atoms with Crippen molar-refractivity contribution in [3.05, 3.63) is 29.6 Å². The lowest BCUT2D eigenvalue weighted by molar-refractivity contribution is 0.621. The first-order valence-electron chi connectivity index (χ1n) is 3.08. The third-order valence-electron chi connectivity index (χ3n) is 1.34. The molecule has 0 radical (unpaired) electrons. The highest BCUT2D eigenvalue weighted by molar-refractivity contribution is 7.78. The van der Waals surface area contributed by atoms with Crippen LogP contribution in [0.5, 0.6) is 0 Å². The van der Waals surface area contributed by atoms with Crippen LogP contribution in [0.25, 0.3) is 0 Å². The molecule has 11 heavy (non-hydrogen) atoms. The van der Waals surface area contributed by atoms with Crippen LogP contribution in [-0.2, 0) is 0 Å². The molecule has 0 aliphatic rings. The van der Waals surface area contributed by atoms with Gasteiger partial charge >= 0.3 is 0 Å². The van der Waals surface area contributed by atoms with Gasteiger partial charge in [-0.05, 0) is 30.8 Å². The molecular weight excluding hydrogens is 161 g/mol. The van der Waals surface area contributed by atoms with Gasteiger partial charge in [-0.3, -0.25) is 0 Å². The maximum Gasteiger partial charge on any atom is 0.152 e. The van der Waals surface area contributed by atoms with Crippen LogP contribution >= 0.6 is 12.2 Å². The number of isothiocyanates is 1. The van der Waals surface area contributed by atoms with Gasteiger partial charge in [-0.1, -0.05) is 12.1 Å². The molecule has 0 atom stereocenters. The van der Waals surface area contributed by atoms with Gasteiger partial charge in [0.25, 0.3) is 0 Å². The van der Waals surface area contributed by atoms with E-state index in [0.29, 0.717) is 5.56 Å². The van der Waals surface area contributed by atoms with E-state index < -0.39 is 0 Å². The molecule has 0 N–H and O–H groups in total. The number of aryl methyl sites for hydroxylation is 1. The SMILES string of the molecule is Cc1cccc(N=C=S)c1F. The summed E-state index contributed by atoms with van der Waals surface area (Å²) in [6.45, 7) is 1.68. The van der Waals surface area contributed by atoms with Crippen LogP contribution in [0, 0.1) is 12.7 Å². The largest absolute Gasteiger partial charge is 0.204 e. The number of hydrogen-bond acceptors (Lipinski definition) is 2. The second-order valence-electron chi connectivity index (χ2n) is 2.11. The molecule has 0 saturated heterocycles. The van der Waals surface area contributed by atoms with Crippen LogP contribution in [0.4, 0.5) is 10.1 Å². The Labute approximate surface area is 69.6 Å². The van der Waals surface area contributed by atoms with Crippen molar-refractivity contribution in [1.82, 2.24) is 0 Å². The number of aliphatic imine (C=N–C) groups is 1. The standard InChI is InChI=1S/C8H6FNS/c1-6-3-2-4-7(8(6)9)10-5-11/h2-4H,1H3. The zero-order chi connectivity index (χ0) is 8.27. The summed E-state index contributed by atoms with van der Waals surface area (Å²) in [6.07, 6.45) is 0. The van der Waals surface area contributed by atoms with Crippen molar-refractivity contribution in [1.29, 1.82) is 0 Å². The molecule has 0 unspecified atom stereocenters. The first kappa shape index (κ1) is 8.05. The van der Waals surface area contributed by atoms with Crippen molar-refractivity contribution in [3.8, 4) is 0 Å². The summed E-state index contributed by atoms with van der Waals surface area (Å²) >= 11 is 4.35. The molecular formula is C8H6FNS. The van der Waals surface area contributed by atoms with Gasteiger partial charge in [0.1, 0.15) is 5.69 Å². The highest BCUT2D eigenvalue weighted by Gasteiger charge is 2.00. The molecule has 0 aliphatic heterocycles. The summed E-state index contributed by atoms with van der Waals surface area (Å²) in [7, 11) is 0. The van der Waals surface area contributed by atoms with E-state index in [-0.39, 0.29) is 11.5 Å². The van der Waals surface area contributed by atoms with Gasteiger partial charge in [0.05, 0.1) is 5.16 Å². The van der Waals surface area contributed by atoms with E-state index in [1.165, 1.54) is 0 Å². The third-order valence-corrected chi connectivity index (χ3v) is 1.43. The summed E-state index contributed by atoms with van der Waals surface area (Å²) in [6, 6.07) is 4.96. The highest BCUT2D eigenvalue weighted by atomic mass is 32.1. The Bertz CT molecular complexity index is 316. The normalized spacial score (nSPS) is 8.91.